The third-order valence-corrected chi connectivity index (χ3v) is 2.40. The monoisotopic (exact) mass is 325 g/mol. The van der Waals surface area contributed by atoms with Crippen molar-refractivity contribution < 1.29 is 47.9 Å². The van der Waals surface area contributed by atoms with Crippen LogP contribution >= 0.6 is 0 Å². The minimum absolute atomic E-state index is 0. The Balaban J connectivity index is 0. The fourth-order valence-corrected chi connectivity index (χ4v) is 1.39. The number of alkyl halides is 6. The first-order chi connectivity index (χ1) is 7.45. The van der Waals surface area contributed by atoms with E-state index in [1.54, 1.807) is 0 Å². The number of rotatable bonds is 5. The topological polar surface area (TPSA) is 23.5 Å². The van der Waals surface area contributed by atoms with Gasteiger partial charge in [-0.2, -0.15) is 26.3 Å². The number of likely N-dealkylation sites (N-methyl/N-ethyl adjacent to an activating group) is 1. The zero-order valence-corrected chi connectivity index (χ0v) is 10.8. The van der Waals surface area contributed by atoms with Gasteiger partial charge in [-0.3, -0.25) is 0 Å². The number of hydrogen-bond donors (Lipinski definition) is 1. The van der Waals surface area contributed by atoms with Crippen molar-refractivity contribution in [3.8, 4) is 0 Å². The Morgan fingerprint density at radius 3 is 1.56 bits per heavy atom. The molecule has 114 valence electrons. The number of hydrogen-bond acceptors (Lipinski definition) is 2. The van der Waals surface area contributed by atoms with E-state index in [0.717, 1.165) is 4.90 Å². The molecule has 0 spiro atoms. The van der Waals surface area contributed by atoms with Crippen LogP contribution in [0, 0.1) is 0 Å². The van der Waals surface area contributed by atoms with Crippen LogP contribution in [-0.4, -0.2) is 47.6 Å². The Kier molecular flexibility index (Phi) is 7.85. The minimum Gasteiger partial charge on any atom is -0.379 e. The van der Waals surface area contributed by atoms with Gasteiger partial charge in [-0.15, -0.1) is 0 Å². The average molecular weight is 326 g/mol. The van der Waals surface area contributed by atoms with Crippen LogP contribution in [0.4, 0.5) is 26.3 Å². The molecule has 0 rings (SSSR count). The van der Waals surface area contributed by atoms with Crippen LogP contribution < -0.4 is 0 Å². The largest absolute Gasteiger partial charge is 0.418 e. The molecule has 2 nitrogen and oxygen atoms in total. The molecule has 0 aliphatic rings. The van der Waals surface area contributed by atoms with E-state index in [-0.39, 0.29) is 29.6 Å². The molecule has 1 unspecified atom stereocenters. The molecule has 0 aromatic rings. The zero-order chi connectivity index (χ0) is 13.9. The molecule has 0 bridgehead atoms. The summed E-state index contributed by atoms with van der Waals surface area (Å²) in [4.78, 5) is 1.10. The molecule has 0 fully saturated rings. The first-order valence-electron chi connectivity index (χ1n) is 5.03. The number of nitrogens with zero attached hydrogens (tertiary/aromatic N) is 1. The standard InChI is InChI=1S/C9H15F6NO.Ni/c1-3-16(4-2)6-7(17,9(13,14)15)5-8(10,11)12;/h17H,3-6H2,1-2H3;. The molecule has 0 saturated heterocycles. The van der Waals surface area contributed by atoms with Crippen molar-refractivity contribution in [2.45, 2.75) is 38.2 Å². The Bertz CT molecular complexity index is 240. The summed E-state index contributed by atoms with van der Waals surface area (Å²) in [5, 5.41) is 9.23. The average Bonchev–Trinajstić information content (AvgIpc) is 2.09. The summed E-state index contributed by atoms with van der Waals surface area (Å²) in [6, 6.07) is 0. The molecule has 1 N–H and O–H groups in total. The fraction of sp³-hybridized carbons (Fsp3) is 1.00. The summed E-state index contributed by atoms with van der Waals surface area (Å²) in [7, 11) is 0. The van der Waals surface area contributed by atoms with E-state index in [1.807, 2.05) is 0 Å². The Morgan fingerprint density at radius 1 is 0.944 bits per heavy atom. The van der Waals surface area contributed by atoms with E-state index < -0.39 is 30.9 Å². The molecule has 1 atom stereocenters. The van der Waals surface area contributed by atoms with Gasteiger partial charge in [-0.25, -0.2) is 0 Å². The molecular weight excluding hydrogens is 311 g/mol. The third-order valence-electron chi connectivity index (χ3n) is 2.40. The van der Waals surface area contributed by atoms with Gasteiger partial charge < -0.3 is 10.0 Å². The van der Waals surface area contributed by atoms with Gasteiger partial charge in [-0.05, 0) is 13.1 Å². The number of halogens is 6. The van der Waals surface area contributed by atoms with Crippen molar-refractivity contribution in [3.63, 3.8) is 0 Å². The van der Waals surface area contributed by atoms with Crippen LogP contribution in [-0.2, 0) is 16.5 Å². The predicted octanol–water partition coefficient (Wildman–Crippen LogP) is 2.57. The second kappa shape index (κ2) is 6.96. The van der Waals surface area contributed by atoms with Crippen LogP contribution in [0.3, 0.4) is 0 Å². The SMILES string of the molecule is CCN(CC)CC(O)(CC(F)(F)F)C(F)(F)F.[Ni]. The summed E-state index contributed by atoms with van der Waals surface area (Å²) in [6.45, 7) is 2.20. The molecule has 0 heterocycles. The van der Waals surface area contributed by atoms with Crippen LogP contribution in [0.2, 0.25) is 0 Å². The Morgan fingerprint density at radius 2 is 1.33 bits per heavy atom. The van der Waals surface area contributed by atoms with Crippen molar-refractivity contribution in [2.24, 2.45) is 0 Å². The Labute approximate surface area is 111 Å². The summed E-state index contributed by atoms with van der Waals surface area (Å²) in [5.74, 6) is 0. The minimum atomic E-state index is -5.31. The van der Waals surface area contributed by atoms with Crippen molar-refractivity contribution in [3.05, 3.63) is 0 Å². The molecule has 0 aromatic carbocycles. The molecule has 0 aliphatic heterocycles. The summed E-state index contributed by atoms with van der Waals surface area (Å²) in [5.41, 5.74) is -3.75. The van der Waals surface area contributed by atoms with E-state index in [9.17, 15) is 31.4 Å². The van der Waals surface area contributed by atoms with E-state index in [0.29, 0.717) is 0 Å². The molecule has 18 heavy (non-hydrogen) atoms. The second-order valence-electron chi connectivity index (χ2n) is 3.78. The van der Waals surface area contributed by atoms with Crippen molar-refractivity contribution in [2.75, 3.05) is 19.6 Å². The molecule has 0 amide bonds. The van der Waals surface area contributed by atoms with Gasteiger partial charge in [0.2, 0.25) is 0 Å². The van der Waals surface area contributed by atoms with Gasteiger partial charge in [0.15, 0.2) is 5.60 Å². The van der Waals surface area contributed by atoms with Gasteiger partial charge in [0.05, 0.1) is 6.42 Å². The summed E-state index contributed by atoms with van der Waals surface area (Å²) in [6.07, 6.45) is -12.7. The van der Waals surface area contributed by atoms with Gasteiger partial charge in [-0.1, -0.05) is 13.8 Å². The van der Waals surface area contributed by atoms with Gasteiger partial charge in [0.25, 0.3) is 0 Å². The third kappa shape index (κ3) is 6.25. The van der Waals surface area contributed by atoms with Gasteiger partial charge in [0, 0.05) is 23.0 Å². The summed E-state index contributed by atoms with van der Waals surface area (Å²) < 4.78 is 73.7. The number of aliphatic hydroxyl groups is 1. The predicted molar refractivity (Wildman–Crippen MR) is 49.5 cm³/mol. The van der Waals surface area contributed by atoms with Crippen LogP contribution in [0.5, 0.6) is 0 Å². The normalized spacial score (nSPS) is 16.3. The molecular formula is C9H15F6NNiO. The quantitative estimate of drug-likeness (QED) is 0.620. The van der Waals surface area contributed by atoms with Crippen LogP contribution in [0.25, 0.3) is 0 Å². The first kappa shape index (κ1) is 20.3. The molecule has 0 radical (unpaired) electrons. The Hall–Kier alpha value is -0.00649. The second-order valence-corrected chi connectivity index (χ2v) is 3.78. The molecule has 0 aliphatic carbocycles. The van der Waals surface area contributed by atoms with E-state index in [2.05, 4.69) is 0 Å². The van der Waals surface area contributed by atoms with Crippen molar-refractivity contribution >= 4 is 0 Å². The molecule has 0 aromatic heterocycles. The summed E-state index contributed by atoms with van der Waals surface area (Å²) >= 11 is 0. The van der Waals surface area contributed by atoms with E-state index in [4.69, 9.17) is 0 Å². The van der Waals surface area contributed by atoms with Crippen molar-refractivity contribution in [1.29, 1.82) is 0 Å². The van der Waals surface area contributed by atoms with Gasteiger partial charge in [0.1, 0.15) is 0 Å². The van der Waals surface area contributed by atoms with Crippen LogP contribution in [0.1, 0.15) is 20.3 Å². The maximum Gasteiger partial charge on any atom is 0.418 e. The first-order valence-corrected chi connectivity index (χ1v) is 5.03. The fourth-order valence-electron chi connectivity index (χ4n) is 1.39. The maximum absolute atomic E-state index is 12.5. The molecule has 9 heteroatoms. The van der Waals surface area contributed by atoms with E-state index >= 15 is 0 Å². The zero-order valence-electron chi connectivity index (χ0n) is 9.81. The smallest absolute Gasteiger partial charge is 0.379 e. The maximum atomic E-state index is 12.5. The molecule has 0 saturated carbocycles. The van der Waals surface area contributed by atoms with Crippen molar-refractivity contribution in [1.82, 2.24) is 4.90 Å². The van der Waals surface area contributed by atoms with Crippen LogP contribution in [0.15, 0.2) is 0 Å². The van der Waals surface area contributed by atoms with Gasteiger partial charge >= 0.3 is 12.4 Å². The van der Waals surface area contributed by atoms with E-state index in [1.165, 1.54) is 13.8 Å².